The van der Waals surface area contributed by atoms with Crippen LogP contribution in [0.15, 0.2) is 36.0 Å². The van der Waals surface area contributed by atoms with E-state index in [4.69, 9.17) is 56.4 Å². The molecule has 2 unspecified atom stereocenters. The number of hydrogen-bond acceptors (Lipinski definition) is 11. The van der Waals surface area contributed by atoms with Crippen molar-refractivity contribution in [3.63, 3.8) is 0 Å². The van der Waals surface area contributed by atoms with Gasteiger partial charge in [-0.05, 0) is 43.5 Å². The van der Waals surface area contributed by atoms with Crippen LogP contribution in [0.2, 0.25) is 0 Å². The molecule has 1 radical (unpaired) electrons. The standard InChI is InChI=1S/C21H36N2O5.C5H8ClN3.C5H11NO2.C2H6.Y/c1-2-11-24-12-13-25-14-15-26-16-17-27-18-19-28-21-5-3-20(4-6-21)23-9-7-22-8-10-23;1-8-3-5(2-7)4-9-6;6-5-2-1-4(3-7)8-5;1-2;/h3-6,22H,2,7-19H2,1H3;2,4,7H,3H2,1H3;4-5,7H,1-3,6H2;1-2H3;/q;-2;;;/b;5-4-,7-2?;;;. The number of halogens is 1. The van der Waals surface area contributed by atoms with Crippen molar-refractivity contribution in [3.8, 4) is 5.75 Å². The van der Waals surface area contributed by atoms with Crippen molar-refractivity contribution in [2.24, 2.45) is 5.73 Å². The van der Waals surface area contributed by atoms with Crippen LogP contribution in [0, 0.1) is 5.41 Å². The summed E-state index contributed by atoms with van der Waals surface area (Å²) in [4.78, 5) is 5.61. The maximum absolute atomic E-state index is 8.50. The molecular formula is C33H61ClN6O7Y-2. The number of hydrogen-bond donors (Lipinski definition) is 4. The third-order valence-electron chi connectivity index (χ3n) is 6.36. The summed E-state index contributed by atoms with van der Waals surface area (Å²) >= 11 is 5.01. The van der Waals surface area contributed by atoms with Crippen LogP contribution in [-0.2, 0) is 56.4 Å². The van der Waals surface area contributed by atoms with E-state index >= 15 is 0 Å². The first-order valence-electron chi connectivity index (χ1n) is 16.6. The van der Waals surface area contributed by atoms with E-state index in [1.54, 1.807) is 7.05 Å². The van der Waals surface area contributed by atoms with Crippen molar-refractivity contribution in [1.82, 2.24) is 5.32 Å². The minimum Gasteiger partial charge on any atom is -0.661 e. The number of likely N-dealkylation sites (N-methyl/N-ethyl adjacent to an activating group) is 1. The van der Waals surface area contributed by atoms with Gasteiger partial charge in [0.2, 0.25) is 0 Å². The van der Waals surface area contributed by atoms with Crippen LogP contribution in [0.5, 0.6) is 5.75 Å². The van der Waals surface area contributed by atoms with Crippen molar-refractivity contribution in [2.45, 2.75) is 52.4 Å². The van der Waals surface area contributed by atoms with Gasteiger partial charge in [-0.25, -0.2) is 11.8 Å². The molecule has 2 aliphatic rings. The largest absolute Gasteiger partial charge is 0.661 e. The Balaban J connectivity index is 0. The number of aliphatic hydroxyl groups excluding tert-OH is 1. The zero-order valence-corrected chi connectivity index (χ0v) is 33.2. The maximum atomic E-state index is 8.50. The van der Waals surface area contributed by atoms with Gasteiger partial charge < -0.3 is 65.0 Å². The maximum Gasteiger partial charge on any atom is 0.119 e. The second-order valence-corrected chi connectivity index (χ2v) is 10.2. The molecular weight excluding hydrogens is 717 g/mol. The number of piperazine rings is 1. The first kappa shape index (κ1) is 49.2. The number of anilines is 1. The molecule has 2 atom stereocenters. The number of benzene rings is 1. The quantitative estimate of drug-likeness (QED) is 0.103. The molecule has 1 aromatic carbocycles. The van der Waals surface area contributed by atoms with E-state index in [1.165, 1.54) is 18.1 Å². The fourth-order valence-corrected chi connectivity index (χ4v) is 4.16. The number of nitrogens with two attached hydrogens (primary N) is 1. The van der Waals surface area contributed by atoms with Crippen LogP contribution in [0.3, 0.4) is 0 Å². The summed E-state index contributed by atoms with van der Waals surface area (Å²) in [5.41, 5.74) is 7.32. The van der Waals surface area contributed by atoms with E-state index in [0.717, 1.165) is 57.8 Å². The Morgan fingerprint density at radius 1 is 0.979 bits per heavy atom. The van der Waals surface area contributed by atoms with Gasteiger partial charge in [0.15, 0.2) is 0 Å². The molecule has 2 saturated heterocycles. The van der Waals surface area contributed by atoms with Gasteiger partial charge in [-0.2, -0.15) is 13.2 Å². The van der Waals surface area contributed by atoms with Crippen LogP contribution in [0.4, 0.5) is 5.69 Å². The third kappa shape index (κ3) is 27.8. The topological polar surface area (TPSA) is 169 Å². The summed E-state index contributed by atoms with van der Waals surface area (Å²) in [5.74, 6) is 0.874. The van der Waals surface area contributed by atoms with E-state index in [1.807, 2.05) is 26.0 Å². The molecule has 5 N–H and O–H groups in total. The molecule has 0 saturated carbocycles. The SMILES string of the molecule is CC.CCCOCCOCCOCCOCCOc1ccc(N2CCNCC2)cc1.C[N-]C/C(C=N)=C\[N-]Cl.NC1CCC(CO)O1.[Y]. The minimum atomic E-state index is -0.132. The molecule has 0 aromatic heterocycles. The summed E-state index contributed by atoms with van der Waals surface area (Å²) in [7, 11) is 1.67. The van der Waals surface area contributed by atoms with Crippen LogP contribution >= 0.6 is 11.8 Å². The number of rotatable bonds is 21. The van der Waals surface area contributed by atoms with E-state index < -0.39 is 0 Å². The van der Waals surface area contributed by atoms with Crippen molar-refractivity contribution in [2.75, 3.05) is 111 Å². The zero-order valence-electron chi connectivity index (χ0n) is 29.6. The number of ether oxygens (including phenoxy) is 6. The molecule has 0 spiro atoms. The normalized spacial score (nSPS) is 17.0. The average molecular weight is 778 g/mol. The van der Waals surface area contributed by atoms with Gasteiger partial charge in [-0.1, -0.05) is 26.3 Å². The first-order chi connectivity index (χ1) is 23.1. The summed E-state index contributed by atoms with van der Waals surface area (Å²) < 4.78 is 32.5. The van der Waals surface area contributed by atoms with Gasteiger partial charge in [-0.15, -0.1) is 6.54 Å². The van der Waals surface area contributed by atoms with Crippen LogP contribution in [0.25, 0.3) is 10.2 Å². The van der Waals surface area contributed by atoms with Crippen molar-refractivity contribution >= 4 is 23.7 Å². The van der Waals surface area contributed by atoms with Crippen molar-refractivity contribution in [3.05, 3.63) is 46.2 Å². The Morgan fingerprint density at radius 2 is 1.52 bits per heavy atom. The molecule has 2 fully saturated rings. The summed E-state index contributed by atoms with van der Waals surface area (Å²) in [6, 6.07) is 8.28. The van der Waals surface area contributed by atoms with Gasteiger partial charge in [0, 0.05) is 77.4 Å². The van der Waals surface area contributed by atoms with Crippen molar-refractivity contribution < 1.29 is 66.2 Å². The molecule has 48 heavy (non-hydrogen) atoms. The molecule has 0 bridgehead atoms. The number of aliphatic hydroxyl groups is 1. The molecule has 13 nitrogen and oxygen atoms in total. The molecule has 0 aliphatic carbocycles. The van der Waals surface area contributed by atoms with Crippen LogP contribution in [-0.4, -0.2) is 129 Å². The average Bonchev–Trinajstić information content (AvgIpc) is 3.55. The first-order valence-corrected chi connectivity index (χ1v) is 17.0. The van der Waals surface area contributed by atoms with Gasteiger partial charge in [0.25, 0.3) is 0 Å². The van der Waals surface area contributed by atoms with E-state index in [-0.39, 0.29) is 51.6 Å². The second-order valence-electron chi connectivity index (χ2n) is 10.0. The Bertz CT molecular complexity index is 858. The summed E-state index contributed by atoms with van der Waals surface area (Å²) in [5, 5.41) is 22.5. The Labute approximate surface area is 319 Å². The smallest absolute Gasteiger partial charge is 0.119 e. The molecule has 1 aromatic rings. The fourth-order valence-electron chi connectivity index (χ4n) is 4.04. The predicted octanol–water partition coefficient (Wildman–Crippen LogP) is 4.47. The minimum absolute atomic E-state index is 0. The number of nitrogens with zero attached hydrogens (tertiary/aromatic N) is 3. The number of nitrogens with one attached hydrogen (secondary N) is 2. The predicted molar refractivity (Wildman–Crippen MR) is 191 cm³/mol. The van der Waals surface area contributed by atoms with Gasteiger partial charge in [-0.3, -0.25) is 0 Å². The molecule has 15 heteroatoms. The summed E-state index contributed by atoms with van der Waals surface area (Å²) in [6.07, 6.45) is 5.28. The zero-order chi connectivity index (χ0) is 34.8. The van der Waals surface area contributed by atoms with E-state index in [9.17, 15) is 0 Å². The van der Waals surface area contributed by atoms with Gasteiger partial charge in [0.1, 0.15) is 18.6 Å². The third-order valence-corrected chi connectivity index (χ3v) is 6.46. The Morgan fingerprint density at radius 3 is 1.94 bits per heavy atom. The van der Waals surface area contributed by atoms with E-state index in [0.29, 0.717) is 65.0 Å². The van der Waals surface area contributed by atoms with Crippen molar-refractivity contribution in [1.29, 1.82) is 5.41 Å². The fraction of sp³-hybridized carbons (Fsp3) is 0.727. The molecule has 0 amide bonds. The Hall–Kier alpha value is -0.936. The molecule has 2 aliphatic heterocycles. The molecule has 277 valence electrons. The van der Waals surface area contributed by atoms with Gasteiger partial charge >= 0.3 is 0 Å². The molecule has 3 rings (SSSR count). The van der Waals surface area contributed by atoms with Crippen LogP contribution < -0.4 is 20.7 Å². The summed E-state index contributed by atoms with van der Waals surface area (Å²) in [6.45, 7) is 16.3. The van der Waals surface area contributed by atoms with Gasteiger partial charge in [0.05, 0.1) is 59.0 Å². The monoisotopic (exact) mass is 777 g/mol. The van der Waals surface area contributed by atoms with Crippen LogP contribution in [0.1, 0.15) is 40.0 Å². The molecule has 2 heterocycles. The Kier molecular flexibility index (Phi) is 38.2. The van der Waals surface area contributed by atoms with E-state index in [2.05, 4.69) is 39.4 Å². The second kappa shape index (κ2) is 37.3.